The summed E-state index contributed by atoms with van der Waals surface area (Å²) in [6.45, 7) is -0.792. The molecule has 0 spiro atoms. The van der Waals surface area contributed by atoms with Crippen LogP contribution in [0.4, 0.5) is 11.4 Å². The van der Waals surface area contributed by atoms with Crippen molar-refractivity contribution in [3.8, 4) is 5.75 Å². The van der Waals surface area contributed by atoms with E-state index in [0.717, 1.165) is 46.7 Å². The maximum Gasteiger partial charge on any atom is 0.347 e. The molecule has 1 aliphatic heterocycles. The van der Waals surface area contributed by atoms with Gasteiger partial charge in [0.2, 0.25) is 6.61 Å². The number of rotatable bonds is 7. The number of hydrogen-bond acceptors (Lipinski definition) is 6. The van der Waals surface area contributed by atoms with E-state index in [-0.39, 0.29) is 5.91 Å². The Labute approximate surface area is 192 Å². The molecule has 7 heteroatoms. The smallest absolute Gasteiger partial charge is 0.347 e. The minimum Gasteiger partial charge on any atom is -0.497 e. The predicted octanol–water partition coefficient (Wildman–Crippen LogP) is 4.05. The van der Waals surface area contributed by atoms with Gasteiger partial charge < -0.3 is 14.3 Å². The van der Waals surface area contributed by atoms with Gasteiger partial charge in [-0.2, -0.15) is 0 Å². The second-order valence-corrected chi connectivity index (χ2v) is 7.43. The molecular weight excluding hydrogens is 420 g/mol. The largest absolute Gasteiger partial charge is 0.497 e. The molecule has 33 heavy (non-hydrogen) atoms. The fourth-order valence-corrected chi connectivity index (χ4v) is 3.68. The molecule has 4 rings (SSSR count). The molecule has 0 aliphatic carbocycles. The SMILES string of the molecule is COc1ccc(/C=N/OCC(=O)OCC(=O)N2c3ccccc3CCc3ccccc32)cc1. The highest BCUT2D eigenvalue weighted by Crippen LogP contribution is 2.35. The summed E-state index contributed by atoms with van der Waals surface area (Å²) in [6, 6.07) is 22.8. The van der Waals surface area contributed by atoms with Gasteiger partial charge in [0.05, 0.1) is 24.7 Å². The van der Waals surface area contributed by atoms with Gasteiger partial charge >= 0.3 is 5.97 Å². The number of hydrogen-bond donors (Lipinski definition) is 0. The number of nitrogens with zero attached hydrogens (tertiary/aromatic N) is 2. The Balaban J connectivity index is 1.35. The van der Waals surface area contributed by atoms with Gasteiger partial charge in [-0.15, -0.1) is 0 Å². The Bertz CT molecular complexity index is 1110. The van der Waals surface area contributed by atoms with Crippen LogP contribution < -0.4 is 9.64 Å². The molecule has 0 bridgehead atoms. The van der Waals surface area contributed by atoms with Crippen molar-refractivity contribution in [3.05, 3.63) is 89.5 Å². The number of anilines is 2. The van der Waals surface area contributed by atoms with E-state index in [9.17, 15) is 9.59 Å². The molecule has 0 saturated carbocycles. The summed E-state index contributed by atoms with van der Waals surface area (Å²) >= 11 is 0. The van der Waals surface area contributed by atoms with Crippen LogP contribution in [0.15, 0.2) is 78.0 Å². The first-order chi connectivity index (χ1) is 16.2. The van der Waals surface area contributed by atoms with Crippen LogP contribution in [0.3, 0.4) is 0 Å². The van der Waals surface area contributed by atoms with Gasteiger partial charge in [-0.1, -0.05) is 41.6 Å². The van der Waals surface area contributed by atoms with Crippen molar-refractivity contribution in [1.82, 2.24) is 0 Å². The van der Waals surface area contributed by atoms with E-state index in [1.807, 2.05) is 48.5 Å². The lowest BCUT2D eigenvalue weighted by Crippen LogP contribution is -2.32. The molecule has 0 aromatic heterocycles. The molecular formula is C26H24N2O5. The molecule has 0 N–H and O–H groups in total. The molecule has 1 heterocycles. The summed E-state index contributed by atoms with van der Waals surface area (Å²) in [5.41, 5.74) is 4.56. The summed E-state index contributed by atoms with van der Waals surface area (Å²) in [5, 5.41) is 3.76. The summed E-state index contributed by atoms with van der Waals surface area (Å²) < 4.78 is 10.3. The number of ether oxygens (including phenoxy) is 2. The average molecular weight is 444 g/mol. The van der Waals surface area contributed by atoms with Crippen molar-refractivity contribution in [2.24, 2.45) is 5.16 Å². The van der Waals surface area contributed by atoms with Crippen molar-refractivity contribution in [2.45, 2.75) is 12.8 Å². The minimum absolute atomic E-state index is 0.327. The third kappa shape index (κ3) is 5.38. The van der Waals surface area contributed by atoms with Gasteiger partial charge in [0.15, 0.2) is 6.61 Å². The van der Waals surface area contributed by atoms with Crippen LogP contribution in [0.25, 0.3) is 0 Å². The zero-order chi connectivity index (χ0) is 23.0. The first kappa shape index (κ1) is 22.1. The summed E-state index contributed by atoms with van der Waals surface area (Å²) in [6.07, 6.45) is 3.14. The zero-order valence-corrected chi connectivity index (χ0v) is 18.3. The van der Waals surface area contributed by atoms with Crippen molar-refractivity contribution >= 4 is 29.5 Å². The molecule has 0 saturated heterocycles. The third-order valence-corrected chi connectivity index (χ3v) is 5.31. The highest BCUT2D eigenvalue weighted by molar-refractivity contribution is 6.03. The van der Waals surface area contributed by atoms with Gasteiger partial charge in [-0.05, 0) is 65.9 Å². The normalized spacial score (nSPS) is 12.5. The van der Waals surface area contributed by atoms with Crippen molar-refractivity contribution in [2.75, 3.05) is 25.2 Å². The fraction of sp³-hybridized carbons (Fsp3) is 0.192. The van der Waals surface area contributed by atoms with Gasteiger partial charge in [0, 0.05) is 0 Å². The van der Waals surface area contributed by atoms with Gasteiger partial charge in [-0.3, -0.25) is 9.69 Å². The Kier molecular flexibility index (Phi) is 6.99. The molecule has 0 fully saturated rings. The van der Waals surface area contributed by atoms with Gasteiger partial charge in [-0.25, -0.2) is 4.79 Å². The van der Waals surface area contributed by atoms with E-state index in [0.29, 0.717) is 0 Å². The summed E-state index contributed by atoms with van der Waals surface area (Å²) in [4.78, 5) is 31.8. The quantitative estimate of drug-likeness (QED) is 0.312. The van der Waals surface area contributed by atoms with Crippen LogP contribution >= 0.6 is 0 Å². The molecule has 168 valence electrons. The van der Waals surface area contributed by atoms with Crippen LogP contribution in [0.2, 0.25) is 0 Å². The summed E-state index contributed by atoms with van der Waals surface area (Å²) in [7, 11) is 1.59. The lowest BCUT2D eigenvalue weighted by molar-refractivity contribution is -0.152. The monoisotopic (exact) mass is 444 g/mol. The number of fused-ring (bicyclic) bond motifs is 2. The van der Waals surface area contributed by atoms with Crippen molar-refractivity contribution in [1.29, 1.82) is 0 Å². The standard InChI is InChI=1S/C26H24N2O5/c1-31-22-14-10-19(11-15-22)16-27-33-18-26(30)32-17-25(29)28-23-8-4-2-6-20(23)12-13-21-7-3-5-9-24(21)28/h2-11,14-16H,12-13,17-18H2,1H3/b27-16+. The van der Waals surface area contributed by atoms with Crippen LogP contribution in [0.5, 0.6) is 5.75 Å². The molecule has 0 atom stereocenters. The van der Waals surface area contributed by atoms with Crippen LogP contribution in [0, 0.1) is 0 Å². The first-order valence-corrected chi connectivity index (χ1v) is 10.6. The predicted molar refractivity (Wildman–Crippen MR) is 125 cm³/mol. The topological polar surface area (TPSA) is 77.4 Å². The lowest BCUT2D eigenvalue weighted by Gasteiger charge is -2.24. The van der Waals surface area contributed by atoms with E-state index in [2.05, 4.69) is 5.16 Å². The van der Waals surface area contributed by atoms with E-state index in [1.54, 1.807) is 36.3 Å². The van der Waals surface area contributed by atoms with E-state index in [4.69, 9.17) is 14.3 Å². The van der Waals surface area contributed by atoms with Crippen LogP contribution in [-0.4, -0.2) is 38.4 Å². The number of aryl methyl sites for hydroxylation is 2. The lowest BCUT2D eigenvalue weighted by atomic mass is 10.0. The Hall–Kier alpha value is -4.13. The number of carbonyl (C=O) groups excluding carboxylic acids is 2. The summed E-state index contributed by atoms with van der Waals surface area (Å²) in [5.74, 6) is -0.269. The molecule has 3 aromatic carbocycles. The van der Waals surface area contributed by atoms with Gasteiger partial charge in [0.1, 0.15) is 5.75 Å². The second-order valence-electron chi connectivity index (χ2n) is 7.43. The molecule has 3 aromatic rings. The highest BCUT2D eigenvalue weighted by Gasteiger charge is 2.26. The minimum atomic E-state index is -0.674. The Morgan fingerprint density at radius 2 is 1.48 bits per heavy atom. The Morgan fingerprint density at radius 1 is 0.879 bits per heavy atom. The first-order valence-electron chi connectivity index (χ1n) is 10.6. The van der Waals surface area contributed by atoms with Crippen LogP contribution in [-0.2, 0) is 32.0 Å². The molecule has 1 amide bonds. The van der Waals surface area contributed by atoms with Crippen molar-refractivity contribution in [3.63, 3.8) is 0 Å². The molecule has 0 unspecified atom stereocenters. The van der Waals surface area contributed by atoms with E-state index >= 15 is 0 Å². The maximum absolute atomic E-state index is 13.1. The highest BCUT2D eigenvalue weighted by atomic mass is 16.7. The van der Waals surface area contributed by atoms with Crippen LogP contribution in [0.1, 0.15) is 16.7 Å². The second kappa shape index (κ2) is 10.5. The maximum atomic E-state index is 13.1. The average Bonchev–Trinajstić information content (AvgIpc) is 3.02. The number of carbonyl (C=O) groups is 2. The third-order valence-electron chi connectivity index (χ3n) is 5.31. The van der Waals surface area contributed by atoms with E-state index < -0.39 is 19.2 Å². The van der Waals surface area contributed by atoms with Gasteiger partial charge in [0.25, 0.3) is 5.91 Å². The Morgan fingerprint density at radius 3 is 2.09 bits per heavy atom. The number of methoxy groups -OCH3 is 1. The number of benzene rings is 3. The number of amides is 1. The number of oxime groups is 1. The zero-order valence-electron chi connectivity index (χ0n) is 18.3. The molecule has 1 aliphatic rings. The fourth-order valence-electron chi connectivity index (χ4n) is 3.68. The van der Waals surface area contributed by atoms with Crippen molar-refractivity contribution < 1.29 is 23.9 Å². The number of para-hydroxylation sites is 2. The molecule has 7 nitrogen and oxygen atoms in total. The molecule has 0 radical (unpaired) electrons. The number of esters is 1. The van der Waals surface area contributed by atoms with E-state index in [1.165, 1.54) is 6.21 Å².